The van der Waals surface area contributed by atoms with Crippen LogP contribution in [0.5, 0.6) is 0 Å². The molecule has 4 aromatic rings. The third-order valence-electron chi connectivity index (χ3n) is 6.51. The Morgan fingerprint density at radius 3 is 2.75 bits per heavy atom. The largest absolute Gasteiger partial charge is 0.365 e. The van der Waals surface area contributed by atoms with Crippen molar-refractivity contribution in [2.45, 2.75) is 26.9 Å². The molecule has 0 N–H and O–H groups in total. The third-order valence-corrected chi connectivity index (χ3v) is 6.51. The molecule has 0 bridgehead atoms. The number of hydrogen-bond donors (Lipinski definition) is 0. The van der Waals surface area contributed by atoms with Gasteiger partial charge < -0.3 is 18.7 Å². The van der Waals surface area contributed by atoms with Gasteiger partial charge in [0.1, 0.15) is 0 Å². The highest BCUT2D eigenvalue weighted by molar-refractivity contribution is 5.99. The monoisotopic (exact) mass is 430 g/mol. The highest BCUT2D eigenvalue weighted by Gasteiger charge is 2.30. The van der Waals surface area contributed by atoms with Crippen LogP contribution in [0.4, 0.5) is 0 Å². The summed E-state index contributed by atoms with van der Waals surface area (Å²) >= 11 is 0. The molecule has 1 aliphatic heterocycles. The van der Waals surface area contributed by atoms with E-state index in [0.29, 0.717) is 37.0 Å². The Labute approximate surface area is 186 Å². The summed E-state index contributed by atoms with van der Waals surface area (Å²) in [7, 11) is 2.05. The maximum Gasteiger partial charge on any atom is 0.257 e. The molecule has 1 amide bonds. The number of nitrogens with zero attached hydrogens (tertiary/aromatic N) is 4. The fourth-order valence-electron chi connectivity index (χ4n) is 4.35. The van der Waals surface area contributed by atoms with Crippen LogP contribution in [0.2, 0.25) is 0 Å². The van der Waals surface area contributed by atoms with Gasteiger partial charge in [-0.15, -0.1) is 0 Å². The molecule has 1 atom stereocenters. The Hall–Kier alpha value is -3.45. The molecule has 1 fully saturated rings. The first-order chi connectivity index (χ1) is 15.4. The highest BCUT2D eigenvalue weighted by Crippen LogP contribution is 2.28. The van der Waals surface area contributed by atoms with E-state index < -0.39 is 6.10 Å². The van der Waals surface area contributed by atoms with Gasteiger partial charge in [0.25, 0.3) is 11.8 Å². The molecular weight excluding hydrogens is 404 g/mol. The number of fused-ring (bicyclic) bond motifs is 1. The second kappa shape index (κ2) is 7.91. The van der Waals surface area contributed by atoms with E-state index in [1.54, 1.807) is 4.90 Å². The summed E-state index contributed by atoms with van der Waals surface area (Å²) in [5.41, 5.74) is 6.21. The molecule has 2 aromatic heterocycles. The number of carbonyl (C=O) groups is 1. The Morgan fingerprint density at radius 2 is 1.94 bits per heavy atom. The quantitative estimate of drug-likeness (QED) is 0.483. The first-order valence-corrected chi connectivity index (χ1v) is 10.8. The SMILES string of the molecule is Cc1ccccc1-c1noc([C@H]2CN(C(=O)c3ccc4c(c3)c(C)c(C)n4C)CCO2)n1. The topological polar surface area (TPSA) is 73.4 Å². The molecule has 1 saturated heterocycles. The fourth-order valence-corrected chi connectivity index (χ4v) is 4.35. The van der Waals surface area contributed by atoms with Crippen LogP contribution in [0.1, 0.15) is 39.2 Å². The summed E-state index contributed by atoms with van der Waals surface area (Å²) in [6.45, 7) is 7.52. The molecule has 2 aromatic carbocycles. The van der Waals surface area contributed by atoms with Crippen LogP contribution in [-0.4, -0.2) is 45.2 Å². The molecule has 1 aliphatic rings. The van der Waals surface area contributed by atoms with Crippen LogP contribution in [-0.2, 0) is 11.8 Å². The van der Waals surface area contributed by atoms with E-state index in [1.165, 1.54) is 11.3 Å². The smallest absolute Gasteiger partial charge is 0.257 e. The number of aromatic nitrogens is 3. The number of hydrogen-bond acceptors (Lipinski definition) is 5. The van der Waals surface area contributed by atoms with Gasteiger partial charge in [0.2, 0.25) is 5.82 Å². The molecule has 3 heterocycles. The molecule has 0 saturated carbocycles. The van der Waals surface area contributed by atoms with E-state index >= 15 is 0 Å². The number of rotatable bonds is 3. The van der Waals surface area contributed by atoms with Crippen LogP contribution in [0, 0.1) is 20.8 Å². The summed E-state index contributed by atoms with van der Waals surface area (Å²) in [6.07, 6.45) is -0.442. The van der Waals surface area contributed by atoms with Crippen molar-refractivity contribution < 1.29 is 14.1 Å². The van der Waals surface area contributed by atoms with Crippen molar-refractivity contribution >= 4 is 16.8 Å². The minimum atomic E-state index is -0.442. The Balaban J connectivity index is 1.37. The van der Waals surface area contributed by atoms with Crippen molar-refractivity contribution in [2.75, 3.05) is 19.7 Å². The zero-order valence-corrected chi connectivity index (χ0v) is 18.8. The molecule has 7 nitrogen and oxygen atoms in total. The summed E-state index contributed by atoms with van der Waals surface area (Å²) in [4.78, 5) is 19.6. The lowest BCUT2D eigenvalue weighted by Crippen LogP contribution is -2.42. The van der Waals surface area contributed by atoms with Crippen molar-refractivity contribution in [3.05, 3.63) is 70.7 Å². The Morgan fingerprint density at radius 1 is 1.12 bits per heavy atom. The standard InChI is InChI=1S/C25H26N4O3/c1-15-7-5-6-8-19(15)23-26-24(32-27-23)22-14-29(11-12-31-22)25(30)18-9-10-21-20(13-18)16(2)17(3)28(21)4/h5-10,13,22H,11-12,14H2,1-4H3/t22-/m1/s1. The lowest BCUT2D eigenvalue weighted by Gasteiger charge is -2.31. The first kappa shape index (κ1) is 20.5. The average molecular weight is 431 g/mol. The van der Waals surface area contributed by atoms with Crippen LogP contribution in [0.15, 0.2) is 47.0 Å². The summed E-state index contributed by atoms with van der Waals surface area (Å²) < 4.78 is 13.5. The van der Waals surface area contributed by atoms with E-state index in [1.807, 2.05) is 56.4 Å². The minimum absolute atomic E-state index is 0.0141. The number of ether oxygens (including phenoxy) is 1. The normalized spacial score (nSPS) is 16.6. The van der Waals surface area contributed by atoms with Gasteiger partial charge in [0.15, 0.2) is 6.10 Å². The van der Waals surface area contributed by atoms with E-state index in [-0.39, 0.29) is 5.91 Å². The molecule has 5 rings (SSSR count). The molecule has 7 heteroatoms. The maximum absolute atomic E-state index is 13.3. The van der Waals surface area contributed by atoms with Crippen molar-refractivity contribution in [2.24, 2.45) is 7.05 Å². The van der Waals surface area contributed by atoms with Crippen molar-refractivity contribution in [1.29, 1.82) is 0 Å². The molecule has 0 spiro atoms. The summed E-state index contributed by atoms with van der Waals surface area (Å²) in [5.74, 6) is 0.913. The van der Waals surface area contributed by atoms with Crippen LogP contribution >= 0.6 is 0 Å². The van der Waals surface area contributed by atoms with E-state index in [0.717, 1.165) is 22.0 Å². The van der Waals surface area contributed by atoms with Crippen LogP contribution in [0.25, 0.3) is 22.3 Å². The molecular formula is C25H26N4O3. The van der Waals surface area contributed by atoms with Gasteiger partial charge >= 0.3 is 0 Å². The van der Waals surface area contributed by atoms with Gasteiger partial charge in [-0.2, -0.15) is 4.98 Å². The number of morpholine rings is 1. The zero-order valence-electron chi connectivity index (χ0n) is 18.8. The molecule has 164 valence electrons. The van der Waals surface area contributed by atoms with Crippen molar-refractivity contribution in [3.8, 4) is 11.4 Å². The molecule has 0 unspecified atom stereocenters. The van der Waals surface area contributed by atoms with E-state index in [9.17, 15) is 4.79 Å². The number of aryl methyl sites for hydroxylation is 3. The van der Waals surface area contributed by atoms with E-state index in [4.69, 9.17) is 9.26 Å². The average Bonchev–Trinajstić information content (AvgIpc) is 3.39. The van der Waals surface area contributed by atoms with Gasteiger partial charge in [-0.3, -0.25) is 4.79 Å². The second-order valence-corrected chi connectivity index (χ2v) is 8.38. The lowest BCUT2D eigenvalue weighted by molar-refractivity contribution is -0.0367. The minimum Gasteiger partial charge on any atom is -0.365 e. The number of carbonyl (C=O) groups excluding carboxylic acids is 1. The van der Waals surface area contributed by atoms with Gasteiger partial charge in [-0.1, -0.05) is 29.4 Å². The highest BCUT2D eigenvalue weighted by atomic mass is 16.5. The van der Waals surface area contributed by atoms with Gasteiger partial charge in [0, 0.05) is 41.3 Å². The van der Waals surface area contributed by atoms with Gasteiger partial charge in [-0.05, 0) is 50.1 Å². The number of benzene rings is 2. The van der Waals surface area contributed by atoms with Gasteiger partial charge in [0.05, 0.1) is 13.2 Å². The van der Waals surface area contributed by atoms with E-state index in [2.05, 4.69) is 28.6 Å². The molecule has 0 radical (unpaired) electrons. The Kier molecular flexibility index (Phi) is 5.06. The Bertz CT molecular complexity index is 1320. The van der Waals surface area contributed by atoms with Crippen molar-refractivity contribution in [1.82, 2.24) is 19.6 Å². The molecule has 0 aliphatic carbocycles. The second-order valence-electron chi connectivity index (χ2n) is 8.38. The van der Waals surface area contributed by atoms with Gasteiger partial charge in [-0.25, -0.2) is 0 Å². The summed E-state index contributed by atoms with van der Waals surface area (Å²) in [6, 6.07) is 13.8. The maximum atomic E-state index is 13.3. The zero-order chi connectivity index (χ0) is 22.4. The third kappa shape index (κ3) is 3.39. The number of amides is 1. The summed E-state index contributed by atoms with van der Waals surface area (Å²) in [5, 5.41) is 5.24. The van der Waals surface area contributed by atoms with Crippen molar-refractivity contribution in [3.63, 3.8) is 0 Å². The molecule has 32 heavy (non-hydrogen) atoms. The lowest BCUT2D eigenvalue weighted by atomic mass is 10.1. The fraction of sp³-hybridized carbons (Fsp3) is 0.320. The predicted molar refractivity (Wildman–Crippen MR) is 121 cm³/mol. The van der Waals surface area contributed by atoms with Crippen LogP contribution < -0.4 is 0 Å². The predicted octanol–water partition coefficient (Wildman–Crippen LogP) is 4.37. The first-order valence-electron chi connectivity index (χ1n) is 10.8. The van der Waals surface area contributed by atoms with Crippen LogP contribution in [0.3, 0.4) is 0 Å².